The number of nitrogens with zero attached hydrogens (tertiary/aromatic N) is 2. The maximum Gasteiger partial charge on any atom is 0.331 e. The molecule has 2 atom stereocenters. The lowest BCUT2D eigenvalue weighted by molar-refractivity contribution is -0.156. The lowest BCUT2D eigenvalue weighted by Gasteiger charge is -2.36. The van der Waals surface area contributed by atoms with Gasteiger partial charge >= 0.3 is 5.97 Å². The summed E-state index contributed by atoms with van der Waals surface area (Å²) in [6.07, 6.45) is 5.13. The summed E-state index contributed by atoms with van der Waals surface area (Å²) in [4.78, 5) is 34.7. The zero-order valence-corrected chi connectivity index (χ0v) is 24.7. The Labute approximate surface area is 224 Å². The zero-order valence-electron chi connectivity index (χ0n) is 22.9. The summed E-state index contributed by atoms with van der Waals surface area (Å²) in [6.45, 7) is 16.5. The highest BCUT2D eigenvalue weighted by molar-refractivity contribution is 8.01. The number of hydrogen-bond donors (Lipinski definition) is 1. The third kappa shape index (κ3) is 5.72. The second-order valence-electron chi connectivity index (χ2n) is 12.1. The van der Waals surface area contributed by atoms with Crippen LogP contribution in [0.3, 0.4) is 0 Å². The van der Waals surface area contributed by atoms with Crippen molar-refractivity contribution in [3.63, 3.8) is 0 Å². The minimum atomic E-state index is -2.00. The van der Waals surface area contributed by atoms with Gasteiger partial charge in [-0.1, -0.05) is 20.8 Å². The van der Waals surface area contributed by atoms with Crippen LogP contribution in [0, 0.1) is 5.92 Å². The first-order valence-electron chi connectivity index (χ1n) is 12.6. The number of pyridine rings is 1. The van der Waals surface area contributed by atoms with Gasteiger partial charge in [0, 0.05) is 40.7 Å². The van der Waals surface area contributed by atoms with E-state index in [-0.39, 0.29) is 10.8 Å². The first-order valence-corrected chi connectivity index (χ1v) is 16.4. The van der Waals surface area contributed by atoms with E-state index in [1.807, 2.05) is 55.4 Å². The number of aromatic nitrogens is 2. The van der Waals surface area contributed by atoms with Crippen molar-refractivity contribution in [1.29, 1.82) is 0 Å². The molecular formula is C28H37N3O4SSi. The fourth-order valence-corrected chi connectivity index (χ4v) is 6.40. The van der Waals surface area contributed by atoms with Crippen LogP contribution in [0.4, 0.5) is 5.69 Å². The van der Waals surface area contributed by atoms with Crippen LogP contribution in [0.25, 0.3) is 10.9 Å². The number of anilines is 1. The van der Waals surface area contributed by atoms with Gasteiger partial charge < -0.3 is 14.1 Å². The lowest BCUT2D eigenvalue weighted by Crippen LogP contribution is -2.44. The maximum absolute atomic E-state index is 13.9. The molecule has 0 bridgehead atoms. The molecule has 198 valence electrons. The van der Waals surface area contributed by atoms with Gasteiger partial charge in [0.05, 0.1) is 17.8 Å². The van der Waals surface area contributed by atoms with Gasteiger partial charge in [-0.15, -0.1) is 0 Å². The molecule has 0 radical (unpaired) electrons. The van der Waals surface area contributed by atoms with Crippen molar-refractivity contribution in [2.24, 2.45) is 5.92 Å². The zero-order chi connectivity index (χ0) is 27.2. The van der Waals surface area contributed by atoms with E-state index in [1.54, 1.807) is 18.6 Å². The molecule has 0 spiro atoms. The molecule has 37 heavy (non-hydrogen) atoms. The number of benzene rings is 1. The van der Waals surface area contributed by atoms with E-state index >= 15 is 0 Å². The molecule has 1 aromatic carbocycles. The number of rotatable bonds is 6. The second-order valence-corrected chi connectivity index (χ2v) is 17.8. The normalized spacial score (nSPS) is 18.8. The number of fused-ring (bicyclic) bond motifs is 1. The number of carbonyl (C=O) groups excluding carboxylic acids is 2. The Morgan fingerprint density at radius 1 is 1.14 bits per heavy atom. The Morgan fingerprint density at radius 3 is 2.49 bits per heavy atom. The van der Waals surface area contributed by atoms with Crippen molar-refractivity contribution in [3.05, 3.63) is 54.5 Å². The van der Waals surface area contributed by atoms with E-state index in [0.717, 1.165) is 22.3 Å². The highest BCUT2D eigenvalue weighted by Gasteiger charge is 2.47. The van der Waals surface area contributed by atoms with Crippen molar-refractivity contribution < 1.29 is 18.8 Å². The van der Waals surface area contributed by atoms with Gasteiger partial charge in [0.2, 0.25) is 8.32 Å². The Balaban J connectivity index is 1.65. The van der Waals surface area contributed by atoms with Crippen LogP contribution in [0.15, 0.2) is 48.9 Å². The third-order valence-corrected chi connectivity index (χ3v) is 12.6. The maximum atomic E-state index is 13.9. The van der Waals surface area contributed by atoms with Crippen LogP contribution in [-0.4, -0.2) is 47.4 Å². The Morgan fingerprint density at radius 2 is 1.86 bits per heavy atom. The largest absolute Gasteiger partial charge is 0.543 e. The highest BCUT2D eigenvalue weighted by Crippen LogP contribution is 2.41. The highest BCUT2D eigenvalue weighted by atomic mass is 32.2. The van der Waals surface area contributed by atoms with Crippen LogP contribution in [0.2, 0.25) is 18.1 Å². The van der Waals surface area contributed by atoms with E-state index in [0.29, 0.717) is 11.3 Å². The molecule has 4 rings (SSSR count). The first kappa shape index (κ1) is 27.3. The fourth-order valence-electron chi connectivity index (χ4n) is 4.08. The third-order valence-electron chi connectivity index (χ3n) is 7.01. The number of H-pyrrole nitrogens is 1. The van der Waals surface area contributed by atoms with Crippen LogP contribution in [0.1, 0.15) is 51.9 Å². The van der Waals surface area contributed by atoms with Gasteiger partial charge in [-0.2, -0.15) is 0 Å². The number of ether oxygens (including phenoxy) is 1. The Kier molecular flexibility index (Phi) is 7.24. The van der Waals surface area contributed by atoms with Crippen molar-refractivity contribution in [3.8, 4) is 5.75 Å². The summed E-state index contributed by atoms with van der Waals surface area (Å²) in [5.41, 5.74) is 1.51. The minimum Gasteiger partial charge on any atom is -0.543 e. The summed E-state index contributed by atoms with van der Waals surface area (Å²) < 4.78 is 14.1. The molecule has 2 unspecified atom stereocenters. The second kappa shape index (κ2) is 9.83. The summed E-state index contributed by atoms with van der Waals surface area (Å²) >= 11 is 1.45. The van der Waals surface area contributed by atoms with E-state index in [1.165, 1.54) is 11.9 Å². The molecular weight excluding hydrogens is 502 g/mol. The number of hydrogen-bond acceptors (Lipinski definition) is 7. The van der Waals surface area contributed by atoms with Gasteiger partial charge in [-0.05, 0) is 75.1 Å². The molecule has 0 amide bonds. The molecule has 1 N–H and O–H groups in total. The van der Waals surface area contributed by atoms with Crippen molar-refractivity contribution in [1.82, 2.24) is 9.97 Å². The van der Waals surface area contributed by atoms with Crippen molar-refractivity contribution in [2.45, 2.75) is 71.3 Å². The van der Waals surface area contributed by atoms with E-state index in [4.69, 9.17) is 9.16 Å². The standard InChI is InChI=1S/C28H37N3O4SSi/c1-27(2,3)34-26(33)24-22(17-36-31(24)18-10-9-13-29-15-18)25(32)21-16-30-23-14-19(11-12-20(21)23)35-37(7,8)28(4,5)6/h9-16,22,24,30H,17H2,1-8H3. The first-order chi connectivity index (χ1) is 17.2. The van der Waals surface area contributed by atoms with E-state index in [2.05, 4.69) is 43.8 Å². The topological polar surface area (TPSA) is 84.5 Å². The predicted octanol–water partition coefficient (Wildman–Crippen LogP) is 6.62. The molecule has 0 aliphatic carbocycles. The van der Waals surface area contributed by atoms with Gasteiger partial charge in [0.25, 0.3) is 0 Å². The summed E-state index contributed by atoms with van der Waals surface area (Å²) in [6, 6.07) is 8.78. The van der Waals surface area contributed by atoms with Crippen LogP contribution in [0.5, 0.6) is 5.75 Å². The van der Waals surface area contributed by atoms with Crippen molar-refractivity contribution in [2.75, 3.05) is 10.1 Å². The fraction of sp³-hybridized carbons (Fsp3) is 0.464. The van der Waals surface area contributed by atoms with Gasteiger partial charge in [-0.3, -0.25) is 14.1 Å². The van der Waals surface area contributed by atoms with Gasteiger partial charge in [0.1, 0.15) is 17.4 Å². The molecule has 2 aromatic heterocycles. The Hall–Kier alpha value is -2.78. The molecule has 3 aromatic rings. The number of Topliss-reactive ketones (excluding diaryl/α,β-unsaturated/α-hetero) is 1. The molecule has 3 heterocycles. The van der Waals surface area contributed by atoms with Gasteiger partial charge in [-0.25, -0.2) is 4.79 Å². The Bertz CT molecular complexity index is 1290. The quantitative estimate of drug-likeness (QED) is 0.163. The number of esters is 1. The smallest absolute Gasteiger partial charge is 0.331 e. The van der Waals surface area contributed by atoms with E-state index < -0.39 is 31.8 Å². The molecule has 1 saturated heterocycles. The summed E-state index contributed by atoms with van der Waals surface area (Å²) in [7, 11) is -2.00. The van der Waals surface area contributed by atoms with Crippen LogP contribution in [-0.2, 0) is 9.53 Å². The average Bonchev–Trinajstić information content (AvgIpc) is 3.41. The average molecular weight is 540 g/mol. The molecule has 0 saturated carbocycles. The molecule has 9 heteroatoms. The number of nitrogens with one attached hydrogen (secondary N) is 1. The molecule has 1 aliphatic heterocycles. The molecule has 1 fully saturated rings. The summed E-state index contributed by atoms with van der Waals surface area (Å²) in [5, 5.41) is 0.899. The van der Waals surface area contributed by atoms with Gasteiger partial charge in [0.15, 0.2) is 5.78 Å². The van der Waals surface area contributed by atoms with Crippen LogP contribution >= 0.6 is 11.9 Å². The predicted molar refractivity (Wildman–Crippen MR) is 153 cm³/mol. The van der Waals surface area contributed by atoms with E-state index in [9.17, 15) is 9.59 Å². The minimum absolute atomic E-state index is 0.0791. The number of aromatic amines is 1. The molecule has 1 aliphatic rings. The SMILES string of the molecule is CC(C)(C)OC(=O)C1C(C(=O)c2c[nH]c3cc(O[Si](C)(C)C(C)(C)C)ccc23)CSN1c1cccnc1. The lowest BCUT2D eigenvalue weighted by atomic mass is 9.91. The number of ketones is 1. The number of carbonyl (C=O) groups is 2. The van der Waals surface area contributed by atoms with Crippen LogP contribution < -0.4 is 8.73 Å². The van der Waals surface area contributed by atoms with Crippen molar-refractivity contribution >= 4 is 48.6 Å². The molecule has 7 nitrogen and oxygen atoms in total. The summed E-state index contributed by atoms with van der Waals surface area (Å²) in [5.74, 6) is 0.202. The monoisotopic (exact) mass is 539 g/mol.